The van der Waals surface area contributed by atoms with Crippen molar-refractivity contribution in [3.63, 3.8) is 0 Å². The molecule has 0 radical (unpaired) electrons. The van der Waals surface area contributed by atoms with E-state index < -0.39 is 10.8 Å². The Kier molecular flexibility index (Phi) is 8.05. The number of aliphatic imine (C=N–C) groups is 1. The molecule has 0 aliphatic heterocycles. The molecule has 1 atom stereocenters. The molecule has 2 N–H and O–H groups in total. The van der Waals surface area contributed by atoms with E-state index in [0.29, 0.717) is 12.3 Å². The van der Waals surface area contributed by atoms with Crippen molar-refractivity contribution in [2.75, 3.05) is 32.1 Å². The van der Waals surface area contributed by atoms with E-state index in [-0.39, 0.29) is 9.49 Å². The fraction of sp³-hybridized carbons (Fsp3) is 0.923. The molecular weight excluding hydrogens is 278 g/mol. The van der Waals surface area contributed by atoms with Crippen LogP contribution in [0.2, 0.25) is 0 Å². The predicted molar refractivity (Wildman–Crippen MR) is 89.7 cm³/mol. The van der Waals surface area contributed by atoms with Crippen LogP contribution in [0.4, 0.5) is 0 Å². The minimum atomic E-state index is -0.828. The lowest BCUT2D eigenvalue weighted by Gasteiger charge is -2.24. The van der Waals surface area contributed by atoms with Crippen LogP contribution in [0.25, 0.3) is 0 Å². The molecule has 0 bridgehead atoms. The van der Waals surface area contributed by atoms with Crippen LogP contribution >= 0.6 is 11.8 Å². The second-order valence-electron chi connectivity index (χ2n) is 5.98. The van der Waals surface area contributed by atoms with Crippen molar-refractivity contribution in [2.45, 2.75) is 44.1 Å². The lowest BCUT2D eigenvalue weighted by molar-refractivity contribution is 0.645. The van der Waals surface area contributed by atoms with Gasteiger partial charge >= 0.3 is 0 Å². The molecule has 6 heteroatoms. The first-order valence-corrected chi connectivity index (χ1v) is 9.05. The summed E-state index contributed by atoms with van der Waals surface area (Å²) >= 11 is 1.82. The minimum absolute atomic E-state index is 0.153. The molecule has 0 aromatic carbocycles. The first-order valence-electron chi connectivity index (χ1n) is 6.50. The van der Waals surface area contributed by atoms with Crippen LogP contribution in [-0.4, -0.2) is 51.8 Å². The van der Waals surface area contributed by atoms with Crippen molar-refractivity contribution in [3.8, 4) is 0 Å². The van der Waals surface area contributed by atoms with Gasteiger partial charge in [-0.05, 0) is 40.9 Å². The Bertz CT molecular complexity index is 322. The predicted octanol–water partition coefficient (Wildman–Crippen LogP) is 1.84. The van der Waals surface area contributed by atoms with Crippen molar-refractivity contribution in [1.29, 1.82) is 0 Å². The quantitative estimate of drug-likeness (QED) is 0.581. The molecule has 0 aliphatic rings. The number of hydrogen-bond donors (Lipinski definition) is 2. The van der Waals surface area contributed by atoms with Crippen LogP contribution in [0.3, 0.4) is 0 Å². The molecule has 4 nitrogen and oxygen atoms in total. The Balaban J connectivity index is 4.07. The van der Waals surface area contributed by atoms with E-state index in [1.807, 2.05) is 32.5 Å². The number of hydrogen-bond acceptors (Lipinski definition) is 3. The zero-order chi connectivity index (χ0) is 15.1. The lowest BCUT2D eigenvalue weighted by Crippen LogP contribution is -2.44. The molecule has 19 heavy (non-hydrogen) atoms. The van der Waals surface area contributed by atoms with Gasteiger partial charge < -0.3 is 10.6 Å². The Morgan fingerprint density at radius 3 is 2.21 bits per heavy atom. The maximum Gasteiger partial charge on any atom is 0.191 e. The molecule has 0 aromatic heterocycles. The fourth-order valence-electron chi connectivity index (χ4n) is 1.16. The summed E-state index contributed by atoms with van der Waals surface area (Å²) in [4.78, 5) is 4.17. The van der Waals surface area contributed by atoms with Crippen molar-refractivity contribution in [2.24, 2.45) is 4.99 Å². The Labute approximate surface area is 125 Å². The number of thioether (sulfide) groups is 1. The van der Waals surface area contributed by atoms with Gasteiger partial charge in [0.1, 0.15) is 0 Å². The summed E-state index contributed by atoms with van der Waals surface area (Å²) in [6.45, 7) is 11.9. The number of rotatable bonds is 6. The van der Waals surface area contributed by atoms with Gasteiger partial charge in [-0.2, -0.15) is 11.8 Å². The van der Waals surface area contributed by atoms with Gasteiger partial charge in [0.15, 0.2) is 5.96 Å². The maximum atomic E-state index is 11.9. The summed E-state index contributed by atoms with van der Waals surface area (Å²) in [7, 11) is 0.924. The summed E-state index contributed by atoms with van der Waals surface area (Å²) in [6, 6.07) is 0. The van der Waals surface area contributed by atoms with E-state index in [9.17, 15) is 4.21 Å². The third-order valence-electron chi connectivity index (χ3n) is 2.72. The summed E-state index contributed by atoms with van der Waals surface area (Å²) in [5.74, 6) is 1.41. The molecule has 0 aliphatic carbocycles. The third-order valence-corrected chi connectivity index (χ3v) is 5.91. The van der Waals surface area contributed by atoms with Gasteiger partial charge in [0, 0.05) is 46.2 Å². The van der Waals surface area contributed by atoms with Gasteiger partial charge in [0.05, 0.1) is 0 Å². The molecule has 0 amide bonds. The van der Waals surface area contributed by atoms with E-state index in [0.717, 1.165) is 12.5 Å². The summed E-state index contributed by atoms with van der Waals surface area (Å²) in [5, 5.41) is 6.50. The Morgan fingerprint density at radius 2 is 1.79 bits per heavy atom. The molecule has 0 heterocycles. The monoisotopic (exact) mass is 307 g/mol. The molecular formula is C13H29N3OS2. The lowest BCUT2D eigenvalue weighted by atomic mass is 10.2. The van der Waals surface area contributed by atoms with Gasteiger partial charge in [0.2, 0.25) is 0 Å². The average molecular weight is 308 g/mol. The van der Waals surface area contributed by atoms with E-state index >= 15 is 0 Å². The third kappa shape index (κ3) is 8.52. The van der Waals surface area contributed by atoms with Crippen LogP contribution in [0.15, 0.2) is 4.99 Å². The summed E-state index contributed by atoms with van der Waals surface area (Å²) < 4.78 is 11.9. The van der Waals surface area contributed by atoms with E-state index in [1.54, 1.807) is 7.05 Å². The first kappa shape index (κ1) is 18.8. The topological polar surface area (TPSA) is 53.5 Å². The van der Waals surface area contributed by atoms with Crippen molar-refractivity contribution < 1.29 is 4.21 Å². The van der Waals surface area contributed by atoms with E-state index in [2.05, 4.69) is 35.7 Å². The SMILES string of the molecule is CN=C(NCCS(=O)C(C)(C)C)NCC(C)(C)SC. The largest absolute Gasteiger partial charge is 0.355 e. The number of guanidine groups is 1. The fourth-order valence-corrected chi connectivity index (χ4v) is 2.27. The van der Waals surface area contributed by atoms with Crippen molar-refractivity contribution >= 4 is 28.5 Å². The molecule has 0 spiro atoms. The number of nitrogens with zero attached hydrogens (tertiary/aromatic N) is 1. The molecule has 0 fully saturated rings. The van der Waals surface area contributed by atoms with Gasteiger partial charge in [-0.1, -0.05) is 0 Å². The van der Waals surface area contributed by atoms with Gasteiger partial charge in [-0.15, -0.1) is 0 Å². The van der Waals surface area contributed by atoms with Crippen LogP contribution < -0.4 is 10.6 Å². The highest BCUT2D eigenvalue weighted by atomic mass is 32.2. The Hall–Kier alpha value is -0.230. The average Bonchev–Trinajstić information content (AvgIpc) is 2.32. The maximum absolute atomic E-state index is 11.9. The molecule has 0 rings (SSSR count). The molecule has 0 saturated heterocycles. The smallest absolute Gasteiger partial charge is 0.191 e. The molecule has 0 aromatic rings. The summed E-state index contributed by atoms with van der Waals surface area (Å²) in [5.41, 5.74) is 0. The van der Waals surface area contributed by atoms with Crippen LogP contribution in [0, 0.1) is 0 Å². The highest BCUT2D eigenvalue weighted by molar-refractivity contribution is 7.99. The van der Waals surface area contributed by atoms with Gasteiger partial charge in [-0.3, -0.25) is 9.20 Å². The van der Waals surface area contributed by atoms with Crippen LogP contribution in [0.5, 0.6) is 0 Å². The minimum Gasteiger partial charge on any atom is -0.355 e. The molecule has 114 valence electrons. The molecule has 0 saturated carbocycles. The Morgan fingerprint density at radius 1 is 1.21 bits per heavy atom. The number of nitrogens with one attached hydrogen (secondary N) is 2. The van der Waals surface area contributed by atoms with Crippen LogP contribution in [0.1, 0.15) is 34.6 Å². The highest BCUT2D eigenvalue weighted by Crippen LogP contribution is 2.19. The van der Waals surface area contributed by atoms with Crippen molar-refractivity contribution in [1.82, 2.24) is 10.6 Å². The second kappa shape index (κ2) is 8.15. The van der Waals surface area contributed by atoms with E-state index in [1.165, 1.54) is 0 Å². The normalized spacial score (nSPS) is 15.2. The second-order valence-corrected chi connectivity index (χ2v) is 9.82. The summed E-state index contributed by atoms with van der Waals surface area (Å²) in [6.07, 6.45) is 2.10. The highest BCUT2D eigenvalue weighted by Gasteiger charge is 2.19. The van der Waals surface area contributed by atoms with Gasteiger partial charge in [0.25, 0.3) is 0 Å². The zero-order valence-electron chi connectivity index (χ0n) is 13.3. The van der Waals surface area contributed by atoms with Crippen LogP contribution in [-0.2, 0) is 10.8 Å². The zero-order valence-corrected chi connectivity index (χ0v) is 14.9. The van der Waals surface area contributed by atoms with Crippen molar-refractivity contribution in [3.05, 3.63) is 0 Å². The van der Waals surface area contributed by atoms with Gasteiger partial charge in [-0.25, -0.2) is 0 Å². The molecule has 1 unspecified atom stereocenters. The standard InChI is InChI=1S/C13H29N3OS2/c1-12(2,3)19(17)9-8-15-11(14-6)16-10-13(4,5)18-7/h8-10H2,1-7H3,(H2,14,15,16). The first-order chi connectivity index (χ1) is 8.62. The van der Waals surface area contributed by atoms with E-state index in [4.69, 9.17) is 0 Å².